The van der Waals surface area contributed by atoms with Crippen molar-refractivity contribution in [1.82, 2.24) is 0 Å². The van der Waals surface area contributed by atoms with Crippen molar-refractivity contribution in [2.24, 2.45) is 0 Å². The molecule has 1 unspecified atom stereocenters. The van der Waals surface area contributed by atoms with Crippen LogP contribution in [0.3, 0.4) is 0 Å². The zero-order valence-electron chi connectivity index (χ0n) is 17.1. The van der Waals surface area contributed by atoms with Crippen molar-refractivity contribution < 1.29 is 57.7 Å². The zero-order valence-corrected chi connectivity index (χ0v) is 22.3. The molecule has 0 amide bonds. The monoisotopic (exact) mass is 464 g/mol. The summed E-state index contributed by atoms with van der Waals surface area (Å²) in [5.41, 5.74) is 11.4. The normalized spacial score (nSPS) is 17.1. The van der Waals surface area contributed by atoms with Crippen LogP contribution in [0.1, 0.15) is 63.3 Å². The molecule has 0 aromatic heterocycles. The first kappa shape index (κ1) is 28.7. The van der Waals surface area contributed by atoms with E-state index in [4.69, 9.17) is 0 Å². The van der Waals surface area contributed by atoms with Crippen molar-refractivity contribution in [3.63, 3.8) is 0 Å². The van der Waals surface area contributed by atoms with E-state index in [1.165, 1.54) is 34.7 Å². The fourth-order valence-electron chi connectivity index (χ4n) is 4.21. The average Bonchev–Trinajstić information content (AvgIpc) is 2.63. The van der Waals surface area contributed by atoms with Gasteiger partial charge in [0.15, 0.2) is 0 Å². The Balaban J connectivity index is 0. The first-order valence-electron chi connectivity index (χ1n) is 8.92. The third kappa shape index (κ3) is 5.31. The fraction of sp³-hybridized carbons (Fsp3) is 0.524. The van der Waals surface area contributed by atoms with Crippen molar-refractivity contribution in [3.05, 3.63) is 57.2 Å². The summed E-state index contributed by atoms with van der Waals surface area (Å²) < 4.78 is 0.232. The van der Waals surface area contributed by atoms with Gasteiger partial charge < -0.3 is 37.2 Å². The Morgan fingerprint density at radius 3 is 1.65 bits per heavy atom. The quantitative estimate of drug-likeness (QED) is 0.401. The van der Waals surface area contributed by atoms with Gasteiger partial charge in [-0.25, -0.2) is 0 Å². The van der Waals surface area contributed by atoms with Gasteiger partial charge >= 0.3 is 157 Å². The van der Waals surface area contributed by atoms with Crippen LogP contribution in [0.5, 0.6) is 0 Å². The number of rotatable bonds is 5. The maximum Gasteiger partial charge on any atom is -1.00 e. The van der Waals surface area contributed by atoms with Gasteiger partial charge in [-0.1, -0.05) is 0 Å². The van der Waals surface area contributed by atoms with Gasteiger partial charge in [-0.15, -0.1) is 0 Å². The van der Waals surface area contributed by atoms with Gasteiger partial charge in [0.2, 0.25) is 0 Å². The van der Waals surface area contributed by atoms with Gasteiger partial charge in [-0.3, -0.25) is 0 Å². The smallest absolute Gasteiger partial charge is 1.00 e. The standard InChI is InChI=1S/C21H31Si.3ClH.Ti/c1-8-9-22-21(19-11-13(2)10-14(3)12-19)20-17(6)15(4)16(5)18(20)7;;;;/h10-12,21H,8-9,22H2,1-7H3;3*1H;/q;;;;+3/p-3. The zero-order chi connectivity index (χ0) is 17.4. The molecule has 0 bridgehead atoms. The van der Waals surface area contributed by atoms with Gasteiger partial charge in [0.05, 0.1) is 0 Å². The van der Waals surface area contributed by atoms with Crippen molar-refractivity contribution in [2.75, 3.05) is 0 Å². The molecule has 1 aliphatic carbocycles. The minimum atomic E-state index is -0.168. The summed E-state index contributed by atoms with van der Waals surface area (Å²) >= 11 is 2.52. The van der Waals surface area contributed by atoms with Gasteiger partial charge in [0.25, 0.3) is 0 Å². The third-order valence-electron chi connectivity index (χ3n) is 5.89. The van der Waals surface area contributed by atoms with E-state index < -0.39 is 0 Å². The molecule has 0 radical (unpaired) electrons. The Labute approximate surface area is 193 Å². The molecule has 26 heavy (non-hydrogen) atoms. The number of benzene rings is 1. The Bertz CT molecular complexity index is 636. The van der Waals surface area contributed by atoms with Crippen molar-refractivity contribution >= 4 is 9.52 Å². The predicted molar refractivity (Wildman–Crippen MR) is 102 cm³/mol. The van der Waals surface area contributed by atoms with E-state index in [-0.39, 0.29) is 50.5 Å². The maximum absolute atomic E-state index is 2.52. The molecule has 0 aliphatic heterocycles. The molecule has 144 valence electrons. The predicted octanol–water partition coefficient (Wildman–Crippen LogP) is -3.25. The topological polar surface area (TPSA) is 0 Å². The van der Waals surface area contributed by atoms with Crippen molar-refractivity contribution in [2.45, 2.75) is 70.2 Å². The molecule has 5 heteroatoms. The molecule has 1 atom stereocenters. The minimum absolute atomic E-state index is 0. The number of allylic oxidation sites excluding steroid dienone is 4. The number of hydrogen-bond acceptors (Lipinski definition) is 0. The van der Waals surface area contributed by atoms with E-state index in [0.29, 0.717) is 5.54 Å². The number of halogens is 3. The average molecular weight is 466 g/mol. The number of aryl methyl sites for hydroxylation is 2. The molecule has 0 fully saturated rings. The molecule has 0 heterocycles. The van der Waals surface area contributed by atoms with Crippen LogP contribution in [0.2, 0.25) is 9.76 Å². The van der Waals surface area contributed by atoms with Crippen molar-refractivity contribution in [1.29, 1.82) is 0 Å². The molecule has 0 spiro atoms. The molecule has 1 aromatic rings. The summed E-state index contributed by atoms with van der Waals surface area (Å²) in [5, 5.41) is 0. The van der Waals surface area contributed by atoms with Gasteiger partial charge in [-0.2, -0.15) is 0 Å². The molecule has 1 aliphatic rings. The second-order valence-corrected chi connectivity index (χ2v) is 10.8. The summed E-state index contributed by atoms with van der Waals surface area (Å²) in [7, 11) is -0.168. The summed E-state index contributed by atoms with van der Waals surface area (Å²) in [6.07, 6.45) is 1.33. The van der Waals surface area contributed by atoms with Gasteiger partial charge in [-0.05, 0) is 0 Å². The van der Waals surface area contributed by atoms with Crippen LogP contribution < -0.4 is 37.2 Å². The van der Waals surface area contributed by atoms with Crippen LogP contribution in [0.15, 0.2) is 40.5 Å². The third-order valence-corrected chi connectivity index (χ3v) is 11.0. The Morgan fingerprint density at radius 1 is 0.846 bits per heavy atom. The molecule has 0 saturated carbocycles. The molecule has 0 saturated heterocycles. The number of hydrogen-bond donors (Lipinski definition) is 0. The van der Waals surface area contributed by atoms with E-state index in [2.05, 4.69) is 87.1 Å². The SMILES string of the molecule is CCC[SiH2]C(c1cc(C)cc(C)c1)[C]1([Ti+3])C(C)=C(C)C(C)=C1C.[Cl-].[Cl-].[Cl-]. The van der Waals surface area contributed by atoms with E-state index >= 15 is 0 Å². The minimum Gasteiger partial charge on any atom is -1.00 e. The van der Waals surface area contributed by atoms with E-state index in [1.807, 2.05) is 0 Å². The largest absolute Gasteiger partial charge is 1.00 e. The van der Waals surface area contributed by atoms with E-state index in [1.54, 1.807) is 16.7 Å². The van der Waals surface area contributed by atoms with Crippen LogP contribution in [0.4, 0.5) is 0 Å². The molecular weight excluding hydrogens is 435 g/mol. The molecular formula is C21H31Cl3SiTi. The molecule has 0 nitrogen and oxygen atoms in total. The molecule has 1 aromatic carbocycles. The van der Waals surface area contributed by atoms with Gasteiger partial charge in [0, 0.05) is 0 Å². The van der Waals surface area contributed by atoms with Crippen LogP contribution in [-0.4, -0.2) is 9.52 Å². The summed E-state index contributed by atoms with van der Waals surface area (Å²) in [4.78, 5) is 0. The Kier molecular flexibility index (Phi) is 12.7. The van der Waals surface area contributed by atoms with Crippen molar-refractivity contribution in [3.8, 4) is 0 Å². The summed E-state index contributed by atoms with van der Waals surface area (Å²) in [5.74, 6) is 0. The molecule has 2 rings (SSSR count). The Hall–Kier alpha value is 0.501. The van der Waals surface area contributed by atoms with Crippen LogP contribution >= 0.6 is 0 Å². The summed E-state index contributed by atoms with van der Waals surface area (Å²) in [6, 6.07) is 8.65. The molecule has 0 N–H and O–H groups in total. The maximum atomic E-state index is 2.52. The van der Waals surface area contributed by atoms with E-state index in [9.17, 15) is 0 Å². The Morgan fingerprint density at radius 2 is 1.27 bits per heavy atom. The first-order chi connectivity index (χ1) is 10.7. The fourth-order valence-corrected chi connectivity index (χ4v) is 8.16. The van der Waals surface area contributed by atoms with E-state index in [0.717, 1.165) is 0 Å². The van der Waals surface area contributed by atoms with Gasteiger partial charge in [0.1, 0.15) is 0 Å². The first-order valence-corrected chi connectivity index (χ1v) is 11.5. The van der Waals surface area contributed by atoms with Crippen LogP contribution in [0.25, 0.3) is 0 Å². The van der Waals surface area contributed by atoms with Crippen LogP contribution in [-0.2, 0) is 20.4 Å². The second-order valence-electron chi connectivity index (χ2n) is 7.42. The summed E-state index contributed by atoms with van der Waals surface area (Å²) in [6.45, 7) is 16.2. The van der Waals surface area contributed by atoms with Crippen LogP contribution in [0, 0.1) is 13.8 Å². The second kappa shape index (κ2) is 11.5.